The highest BCUT2D eigenvalue weighted by molar-refractivity contribution is 5.77. The molecule has 72 valence electrons. The summed E-state index contributed by atoms with van der Waals surface area (Å²) >= 11 is 0. The van der Waals surface area contributed by atoms with Gasteiger partial charge in [-0.1, -0.05) is 13.8 Å². The van der Waals surface area contributed by atoms with Gasteiger partial charge in [0, 0.05) is 0 Å². The molecule has 12 heavy (non-hydrogen) atoms. The van der Waals surface area contributed by atoms with Gasteiger partial charge in [0.25, 0.3) is 0 Å². The SMILES string of the molecule is CC(C)C[C@@](O)(C(=O)O)[C@H](C)O. The van der Waals surface area contributed by atoms with Crippen molar-refractivity contribution in [3.8, 4) is 0 Å². The van der Waals surface area contributed by atoms with Crippen LogP contribution in [-0.4, -0.2) is 33.0 Å². The van der Waals surface area contributed by atoms with E-state index < -0.39 is 17.7 Å². The Kier molecular flexibility index (Phi) is 3.67. The predicted octanol–water partition coefficient (Wildman–Crippen LogP) is 0.229. The van der Waals surface area contributed by atoms with Crippen LogP contribution < -0.4 is 0 Å². The molecule has 0 amide bonds. The van der Waals surface area contributed by atoms with Gasteiger partial charge in [0.1, 0.15) is 0 Å². The molecule has 0 radical (unpaired) electrons. The fraction of sp³-hybridized carbons (Fsp3) is 0.875. The average Bonchev–Trinajstić information content (AvgIpc) is 1.84. The summed E-state index contributed by atoms with van der Waals surface area (Å²) in [4.78, 5) is 10.6. The standard InChI is InChI=1S/C8H16O4/c1-5(2)4-8(12,6(3)9)7(10)11/h5-6,9,12H,4H2,1-3H3,(H,10,11)/t6-,8-/m0/s1. The van der Waals surface area contributed by atoms with Crippen molar-refractivity contribution in [2.75, 3.05) is 0 Å². The van der Waals surface area contributed by atoms with Crippen molar-refractivity contribution in [2.24, 2.45) is 5.92 Å². The molecule has 4 nitrogen and oxygen atoms in total. The van der Waals surface area contributed by atoms with Gasteiger partial charge in [0.05, 0.1) is 6.10 Å². The minimum absolute atomic E-state index is 0.0284. The number of aliphatic hydroxyl groups is 2. The lowest BCUT2D eigenvalue weighted by Crippen LogP contribution is -2.49. The molecule has 0 heterocycles. The lowest BCUT2D eigenvalue weighted by atomic mass is 9.88. The molecule has 3 N–H and O–H groups in total. The van der Waals surface area contributed by atoms with Crippen molar-refractivity contribution in [3.63, 3.8) is 0 Å². The number of carbonyl (C=O) groups is 1. The smallest absolute Gasteiger partial charge is 0.338 e. The molecular formula is C8H16O4. The first-order valence-corrected chi connectivity index (χ1v) is 3.94. The normalized spacial score (nSPS) is 18.8. The van der Waals surface area contributed by atoms with Gasteiger partial charge >= 0.3 is 5.97 Å². The van der Waals surface area contributed by atoms with E-state index in [1.165, 1.54) is 6.92 Å². The molecule has 0 aliphatic rings. The molecule has 0 aliphatic heterocycles. The molecule has 0 aliphatic carbocycles. The van der Waals surface area contributed by atoms with E-state index in [1.54, 1.807) is 13.8 Å². The average molecular weight is 176 g/mol. The van der Waals surface area contributed by atoms with Crippen LogP contribution in [0.3, 0.4) is 0 Å². The summed E-state index contributed by atoms with van der Waals surface area (Å²) < 4.78 is 0. The molecule has 0 aromatic rings. The molecule has 0 saturated heterocycles. The Bertz CT molecular complexity index is 164. The topological polar surface area (TPSA) is 77.8 Å². The Labute approximate surface area is 71.8 Å². The van der Waals surface area contributed by atoms with Gasteiger partial charge in [-0.2, -0.15) is 0 Å². The van der Waals surface area contributed by atoms with Crippen LogP contribution in [0.4, 0.5) is 0 Å². The second-order valence-electron chi connectivity index (χ2n) is 3.50. The van der Waals surface area contributed by atoms with Crippen LogP contribution in [0.15, 0.2) is 0 Å². The monoisotopic (exact) mass is 176 g/mol. The Morgan fingerprint density at radius 2 is 1.83 bits per heavy atom. The Morgan fingerprint density at radius 3 is 1.92 bits per heavy atom. The Balaban J connectivity index is 4.51. The van der Waals surface area contributed by atoms with E-state index in [0.717, 1.165) is 0 Å². The Morgan fingerprint density at radius 1 is 1.42 bits per heavy atom. The number of rotatable bonds is 4. The summed E-state index contributed by atoms with van der Waals surface area (Å²) in [5, 5.41) is 27.2. The van der Waals surface area contributed by atoms with Gasteiger partial charge in [0.15, 0.2) is 5.60 Å². The largest absolute Gasteiger partial charge is 0.479 e. The first kappa shape index (κ1) is 11.4. The maximum Gasteiger partial charge on any atom is 0.338 e. The summed E-state index contributed by atoms with van der Waals surface area (Å²) in [6, 6.07) is 0. The van der Waals surface area contributed by atoms with Gasteiger partial charge in [-0.05, 0) is 19.3 Å². The van der Waals surface area contributed by atoms with Crippen LogP contribution in [0.25, 0.3) is 0 Å². The van der Waals surface area contributed by atoms with E-state index in [9.17, 15) is 9.90 Å². The van der Waals surface area contributed by atoms with Crippen LogP contribution in [-0.2, 0) is 4.79 Å². The quantitative estimate of drug-likeness (QED) is 0.573. The number of carboxylic acids is 1. The van der Waals surface area contributed by atoms with E-state index in [4.69, 9.17) is 10.2 Å². The minimum atomic E-state index is -2.01. The summed E-state index contributed by atoms with van der Waals surface area (Å²) in [5.74, 6) is -1.34. The third kappa shape index (κ3) is 2.46. The molecule has 0 saturated carbocycles. The van der Waals surface area contributed by atoms with E-state index in [-0.39, 0.29) is 12.3 Å². The zero-order valence-corrected chi connectivity index (χ0v) is 7.61. The maximum atomic E-state index is 10.6. The number of aliphatic hydroxyl groups excluding tert-OH is 1. The first-order chi connectivity index (χ1) is 5.30. The van der Waals surface area contributed by atoms with Crippen molar-refractivity contribution in [1.29, 1.82) is 0 Å². The van der Waals surface area contributed by atoms with Crippen LogP contribution in [0.1, 0.15) is 27.2 Å². The van der Waals surface area contributed by atoms with Crippen molar-refractivity contribution in [2.45, 2.75) is 38.9 Å². The van der Waals surface area contributed by atoms with Crippen molar-refractivity contribution in [1.82, 2.24) is 0 Å². The number of hydrogen-bond acceptors (Lipinski definition) is 3. The number of carboxylic acid groups (broad SMARTS) is 1. The minimum Gasteiger partial charge on any atom is -0.479 e. The fourth-order valence-electron chi connectivity index (χ4n) is 1.06. The molecule has 0 fully saturated rings. The molecule has 0 unspecified atom stereocenters. The summed E-state index contributed by atoms with van der Waals surface area (Å²) in [7, 11) is 0. The molecule has 2 atom stereocenters. The molecule has 0 rings (SSSR count). The molecular weight excluding hydrogens is 160 g/mol. The zero-order chi connectivity index (χ0) is 9.94. The maximum absolute atomic E-state index is 10.6. The second-order valence-corrected chi connectivity index (χ2v) is 3.50. The van der Waals surface area contributed by atoms with Gasteiger partial charge in [0.2, 0.25) is 0 Å². The second kappa shape index (κ2) is 3.87. The molecule has 0 spiro atoms. The first-order valence-electron chi connectivity index (χ1n) is 3.94. The van der Waals surface area contributed by atoms with Crippen LogP contribution in [0.5, 0.6) is 0 Å². The van der Waals surface area contributed by atoms with E-state index in [2.05, 4.69) is 0 Å². The van der Waals surface area contributed by atoms with Crippen molar-refractivity contribution >= 4 is 5.97 Å². The highest BCUT2D eigenvalue weighted by Gasteiger charge is 2.41. The van der Waals surface area contributed by atoms with E-state index >= 15 is 0 Å². The number of aliphatic carboxylic acids is 1. The highest BCUT2D eigenvalue weighted by Crippen LogP contribution is 2.21. The Hall–Kier alpha value is -0.610. The van der Waals surface area contributed by atoms with Crippen LogP contribution in [0.2, 0.25) is 0 Å². The number of hydrogen-bond donors (Lipinski definition) is 3. The zero-order valence-electron chi connectivity index (χ0n) is 7.61. The lowest BCUT2D eigenvalue weighted by molar-refractivity contribution is -0.172. The van der Waals surface area contributed by atoms with E-state index in [1.807, 2.05) is 0 Å². The van der Waals surface area contributed by atoms with Gasteiger partial charge < -0.3 is 15.3 Å². The summed E-state index contributed by atoms with van der Waals surface area (Å²) in [5.41, 5.74) is -2.01. The van der Waals surface area contributed by atoms with Crippen LogP contribution in [0, 0.1) is 5.92 Å². The third-order valence-corrected chi connectivity index (χ3v) is 1.78. The molecule has 0 aromatic carbocycles. The molecule has 4 heteroatoms. The lowest BCUT2D eigenvalue weighted by Gasteiger charge is -2.27. The van der Waals surface area contributed by atoms with Crippen LogP contribution >= 0.6 is 0 Å². The third-order valence-electron chi connectivity index (χ3n) is 1.78. The summed E-state index contributed by atoms with van der Waals surface area (Å²) in [6.45, 7) is 4.85. The fourth-order valence-corrected chi connectivity index (χ4v) is 1.06. The van der Waals surface area contributed by atoms with Gasteiger partial charge in [-0.15, -0.1) is 0 Å². The summed E-state index contributed by atoms with van der Waals surface area (Å²) in [6.07, 6.45) is -1.20. The highest BCUT2D eigenvalue weighted by atomic mass is 16.4. The van der Waals surface area contributed by atoms with E-state index in [0.29, 0.717) is 0 Å². The predicted molar refractivity (Wildman–Crippen MR) is 43.7 cm³/mol. The van der Waals surface area contributed by atoms with Gasteiger partial charge in [-0.25, -0.2) is 4.79 Å². The van der Waals surface area contributed by atoms with Crippen molar-refractivity contribution in [3.05, 3.63) is 0 Å². The van der Waals surface area contributed by atoms with Crippen molar-refractivity contribution < 1.29 is 20.1 Å². The van der Waals surface area contributed by atoms with Gasteiger partial charge in [-0.3, -0.25) is 0 Å². The molecule has 0 aromatic heterocycles. The molecule has 0 bridgehead atoms.